The number of fused-ring (bicyclic) bond motifs is 1. The molecular weight excluding hydrogens is 472 g/mol. The summed E-state index contributed by atoms with van der Waals surface area (Å²) >= 11 is 0. The molecule has 0 aliphatic heterocycles. The first-order valence-corrected chi connectivity index (χ1v) is 11.0. The Morgan fingerprint density at radius 2 is 1.48 bits per heavy atom. The van der Waals surface area contributed by atoms with Crippen molar-refractivity contribution in [2.24, 2.45) is 0 Å². The summed E-state index contributed by atoms with van der Waals surface area (Å²) in [6.07, 6.45) is 0. The number of ether oxygens (including phenoxy) is 1. The first-order valence-electron chi connectivity index (χ1n) is 9.50. The fourth-order valence-electron chi connectivity index (χ4n) is 2.82. The molecule has 0 spiro atoms. The van der Waals surface area contributed by atoms with Crippen LogP contribution >= 0.6 is 7.75 Å². The van der Waals surface area contributed by atoms with Gasteiger partial charge in [0.25, 0.3) is 0 Å². The number of benzene rings is 3. The van der Waals surface area contributed by atoms with Crippen molar-refractivity contribution in [1.82, 2.24) is 5.09 Å². The van der Waals surface area contributed by atoms with Gasteiger partial charge >= 0.3 is 13.7 Å². The van der Waals surface area contributed by atoms with Gasteiger partial charge in [0, 0.05) is 5.39 Å². The van der Waals surface area contributed by atoms with Gasteiger partial charge in [0.1, 0.15) is 11.8 Å². The Balaban J connectivity index is 2.08. The molecule has 0 aliphatic carbocycles. The van der Waals surface area contributed by atoms with E-state index in [9.17, 15) is 31.3 Å². The van der Waals surface area contributed by atoms with Crippen molar-refractivity contribution in [2.45, 2.75) is 19.9 Å². The van der Waals surface area contributed by atoms with E-state index in [4.69, 9.17) is 13.8 Å². The fourth-order valence-corrected chi connectivity index (χ4v) is 4.36. The Kier molecular flexibility index (Phi) is 7.24. The van der Waals surface area contributed by atoms with E-state index in [1.54, 1.807) is 30.3 Å². The summed E-state index contributed by atoms with van der Waals surface area (Å²) in [4.78, 5) is 12.0. The third-order valence-electron chi connectivity index (χ3n) is 4.34. The molecule has 176 valence electrons. The van der Waals surface area contributed by atoms with Crippen LogP contribution < -0.4 is 14.1 Å². The van der Waals surface area contributed by atoms with E-state index in [1.165, 1.54) is 26.0 Å². The predicted molar refractivity (Wildman–Crippen MR) is 108 cm³/mol. The van der Waals surface area contributed by atoms with Gasteiger partial charge in [0.2, 0.25) is 34.8 Å². The summed E-state index contributed by atoms with van der Waals surface area (Å²) in [6.45, 7) is 2.64. The van der Waals surface area contributed by atoms with Crippen LogP contribution in [0, 0.1) is 29.1 Å². The zero-order valence-corrected chi connectivity index (χ0v) is 18.1. The summed E-state index contributed by atoms with van der Waals surface area (Å²) in [5, 5.41) is 3.13. The third-order valence-corrected chi connectivity index (χ3v) is 5.90. The molecule has 0 saturated carbocycles. The molecule has 0 saturated heterocycles. The van der Waals surface area contributed by atoms with Crippen molar-refractivity contribution in [1.29, 1.82) is 0 Å². The van der Waals surface area contributed by atoms with Gasteiger partial charge in [-0.2, -0.15) is 13.9 Å². The van der Waals surface area contributed by atoms with Crippen molar-refractivity contribution >= 4 is 24.5 Å². The summed E-state index contributed by atoms with van der Waals surface area (Å²) in [5.41, 5.74) is 0. The number of carbonyl (C=O) groups is 1. The molecular formula is C21H17F5NO5P. The smallest absolute Gasteiger partial charge is 0.465 e. The average Bonchev–Trinajstić information content (AvgIpc) is 2.79. The van der Waals surface area contributed by atoms with Gasteiger partial charge in [-0.15, -0.1) is 0 Å². The molecule has 0 aliphatic rings. The van der Waals surface area contributed by atoms with Crippen molar-refractivity contribution < 1.29 is 45.1 Å². The van der Waals surface area contributed by atoms with E-state index >= 15 is 0 Å². The van der Waals surface area contributed by atoms with Gasteiger partial charge in [-0.3, -0.25) is 4.79 Å². The largest absolute Gasteiger partial charge is 0.513 e. The van der Waals surface area contributed by atoms with E-state index in [1.807, 2.05) is 0 Å². The van der Waals surface area contributed by atoms with Crippen molar-refractivity contribution in [3.05, 3.63) is 71.6 Å². The second-order valence-electron chi connectivity index (χ2n) is 6.66. The van der Waals surface area contributed by atoms with Crippen LogP contribution in [0.15, 0.2) is 42.5 Å². The maximum Gasteiger partial charge on any atom is 0.513 e. The highest BCUT2D eigenvalue weighted by atomic mass is 31.2. The predicted octanol–water partition coefficient (Wildman–Crippen LogP) is 5.64. The molecule has 12 heteroatoms. The van der Waals surface area contributed by atoms with E-state index in [-0.39, 0.29) is 12.4 Å². The number of nitrogens with one attached hydrogen (secondary N) is 1. The molecule has 3 rings (SSSR count). The summed E-state index contributed by atoms with van der Waals surface area (Å²) in [5.74, 6) is -14.6. The van der Waals surface area contributed by atoms with Gasteiger partial charge in [0.15, 0.2) is 0 Å². The van der Waals surface area contributed by atoms with Crippen molar-refractivity contribution in [3.63, 3.8) is 0 Å². The average molecular weight is 489 g/mol. The molecule has 0 heterocycles. The molecule has 0 bridgehead atoms. The van der Waals surface area contributed by atoms with Crippen LogP contribution in [-0.2, 0) is 14.1 Å². The number of halogens is 5. The molecule has 3 aromatic rings. The highest BCUT2D eigenvalue weighted by molar-refractivity contribution is 7.52. The van der Waals surface area contributed by atoms with Gasteiger partial charge in [-0.05, 0) is 25.3 Å². The van der Waals surface area contributed by atoms with Gasteiger partial charge in [-0.1, -0.05) is 36.4 Å². The number of esters is 1. The second kappa shape index (κ2) is 9.76. The fraction of sp³-hybridized carbons (Fsp3) is 0.190. The second-order valence-corrected chi connectivity index (χ2v) is 8.28. The van der Waals surface area contributed by atoms with Gasteiger partial charge in [0.05, 0.1) is 6.61 Å². The highest BCUT2D eigenvalue weighted by Crippen LogP contribution is 2.49. The maximum absolute atomic E-state index is 14.2. The quantitative estimate of drug-likeness (QED) is 0.145. The Hall–Kier alpha value is -3.17. The molecule has 0 radical (unpaired) electrons. The third kappa shape index (κ3) is 5.09. The number of hydrogen-bond acceptors (Lipinski definition) is 5. The lowest BCUT2D eigenvalue weighted by Gasteiger charge is -2.24. The molecule has 33 heavy (non-hydrogen) atoms. The lowest BCUT2D eigenvalue weighted by atomic mass is 10.1. The number of hydrogen-bond donors (Lipinski definition) is 1. The van der Waals surface area contributed by atoms with E-state index in [0.717, 1.165) is 0 Å². The van der Waals surface area contributed by atoms with Crippen LogP contribution in [0.1, 0.15) is 13.8 Å². The topological polar surface area (TPSA) is 73.9 Å². The van der Waals surface area contributed by atoms with Gasteiger partial charge in [-0.25, -0.2) is 17.7 Å². The zero-order valence-electron chi connectivity index (χ0n) is 17.2. The first-order chi connectivity index (χ1) is 15.6. The minimum atomic E-state index is -5.00. The summed E-state index contributed by atoms with van der Waals surface area (Å²) in [7, 11) is -5.00. The molecule has 0 amide bonds. The molecule has 0 aromatic heterocycles. The van der Waals surface area contributed by atoms with Crippen molar-refractivity contribution in [2.75, 3.05) is 6.61 Å². The highest BCUT2D eigenvalue weighted by Gasteiger charge is 2.38. The van der Waals surface area contributed by atoms with Crippen LogP contribution in [-0.4, -0.2) is 18.6 Å². The molecule has 0 fully saturated rings. The number of carbonyl (C=O) groups excluding carboxylic acids is 1. The first kappa shape index (κ1) is 24.5. The van der Waals surface area contributed by atoms with E-state index in [0.29, 0.717) is 10.8 Å². The van der Waals surface area contributed by atoms with Crippen LogP contribution in [0.5, 0.6) is 11.5 Å². The normalized spacial score (nSPS) is 13.9. The summed E-state index contributed by atoms with van der Waals surface area (Å²) in [6, 6.07) is 9.72. The molecule has 2 atom stereocenters. The molecule has 3 aromatic carbocycles. The molecule has 2 unspecified atom stereocenters. The van der Waals surface area contributed by atoms with Gasteiger partial charge < -0.3 is 13.8 Å². The van der Waals surface area contributed by atoms with Crippen LogP contribution in [0.3, 0.4) is 0 Å². The Morgan fingerprint density at radius 1 is 0.909 bits per heavy atom. The molecule has 1 N–H and O–H groups in total. The standard InChI is InChI=1S/C21H17F5NO5P/c1-3-30-21(28)11(2)27-33(29,31-14-10-6-8-12-7-4-5-9-13(12)14)32-20-18(25)16(23)15(22)17(24)19(20)26/h4-11H,3H2,1-2H3,(H,27,29). The van der Waals surface area contributed by atoms with Crippen LogP contribution in [0.4, 0.5) is 22.0 Å². The Bertz CT molecular complexity index is 1220. The minimum absolute atomic E-state index is 0.0438. The summed E-state index contributed by atoms with van der Waals surface area (Å²) < 4.78 is 97.5. The molecule has 6 nitrogen and oxygen atoms in total. The SMILES string of the molecule is CCOC(=O)C(C)NP(=O)(Oc1c(F)c(F)c(F)c(F)c1F)Oc1cccc2ccccc12. The van der Waals surface area contributed by atoms with Crippen LogP contribution in [0.2, 0.25) is 0 Å². The maximum atomic E-state index is 14.2. The lowest BCUT2D eigenvalue weighted by Crippen LogP contribution is -2.36. The Morgan fingerprint density at radius 3 is 2.12 bits per heavy atom. The monoisotopic (exact) mass is 489 g/mol. The Labute approximate surface area is 184 Å². The van der Waals surface area contributed by atoms with E-state index < -0.39 is 54.6 Å². The van der Waals surface area contributed by atoms with E-state index in [2.05, 4.69) is 5.09 Å². The van der Waals surface area contributed by atoms with Crippen LogP contribution in [0.25, 0.3) is 10.8 Å². The lowest BCUT2D eigenvalue weighted by molar-refractivity contribution is -0.144. The minimum Gasteiger partial charge on any atom is -0.465 e. The van der Waals surface area contributed by atoms with Crippen molar-refractivity contribution in [3.8, 4) is 11.5 Å². The number of rotatable bonds is 8. The zero-order chi connectivity index (χ0) is 24.3.